The minimum absolute atomic E-state index is 0.230. The minimum atomic E-state index is -4.25. The fourth-order valence-electron chi connectivity index (χ4n) is 3.74. The summed E-state index contributed by atoms with van der Waals surface area (Å²) in [5.41, 5.74) is 6.65. The molecular formula is C23H33O6PS. The van der Waals surface area contributed by atoms with Crippen molar-refractivity contribution in [2.75, 3.05) is 25.3 Å². The summed E-state index contributed by atoms with van der Waals surface area (Å²) >= 11 is 1.60. The van der Waals surface area contributed by atoms with Crippen LogP contribution in [0.1, 0.15) is 47.2 Å². The Hall–Kier alpha value is -1.50. The molecule has 0 aliphatic rings. The molecule has 2 aromatic carbocycles. The van der Waals surface area contributed by atoms with Crippen LogP contribution < -0.4 is 9.47 Å². The average Bonchev–Trinajstić information content (AvgIpc) is 2.73. The summed E-state index contributed by atoms with van der Waals surface area (Å²) in [6.07, 6.45) is 3.59. The first-order valence-corrected chi connectivity index (χ1v) is 13.5. The molecule has 6 nitrogen and oxygen atoms in total. The lowest BCUT2D eigenvalue weighted by molar-refractivity contribution is 0.0423. The summed E-state index contributed by atoms with van der Waals surface area (Å²) < 4.78 is 27.9. The van der Waals surface area contributed by atoms with Gasteiger partial charge in [0, 0.05) is 0 Å². The highest BCUT2D eigenvalue weighted by Gasteiger charge is 2.22. The molecule has 172 valence electrons. The largest absolute Gasteiger partial charge is 0.480 e. The van der Waals surface area contributed by atoms with E-state index in [4.69, 9.17) is 14.2 Å². The lowest BCUT2D eigenvalue weighted by atomic mass is 9.86. The van der Waals surface area contributed by atoms with Gasteiger partial charge in [0.05, 0.1) is 5.94 Å². The van der Waals surface area contributed by atoms with Gasteiger partial charge in [-0.05, 0) is 84.9 Å². The first-order valence-electron chi connectivity index (χ1n) is 10.3. The molecule has 31 heavy (non-hydrogen) atoms. The molecule has 0 fully saturated rings. The summed E-state index contributed by atoms with van der Waals surface area (Å²) in [4.78, 5) is 18.5. The fourth-order valence-corrected chi connectivity index (χ4v) is 4.27. The van der Waals surface area contributed by atoms with Gasteiger partial charge in [0.25, 0.3) is 0 Å². The summed E-state index contributed by atoms with van der Waals surface area (Å²) in [5, 5.41) is 0. The van der Waals surface area contributed by atoms with E-state index in [1.165, 1.54) is 5.56 Å². The topological polar surface area (TPSA) is 85.2 Å². The number of hydrogen-bond acceptors (Lipinski definition) is 5. The monoisotopic (exact) mass is 468 g/mol. The van der Waals surface area contributed by atoms with Gasteiger partial charge in [0.15, 0.2) is 13.1 Å². The standard InChI is InChI=1S/C23H33O6PS/c1-6-20-16(3)22(17(4)21(7-2)23(20)29-14-30(24,25)26)12-18-8-10-19(11-9-18)28-13-27-15-31-5/h8-11H,6-7,12-15H2,1-5H3,(H2,24,25,26). The van der Waals surface area contributed by atoms with Crippen LogP contribution in [0.15, 0.2) is 24.3 Å². The zero-order valence-corrected chi connectivity index (χ0v) is 20.6. The van der Waals surface area contributed by atoms with Crippen molar-refractivity contribution in [3.8, 4) is 11.5 Å². The van der Waals surface area contributed by atoms with Crippen molar-refractivity contribution in [2.45, 2.75) is 47.0 Å². The van der Waals surface area contributed by atoms with Crippen LogP contribution in [-0.4, -0.2) is 35.1 Å². The van der Waals surface area contributed by atoms with Crippen LogP contribution >= 0.6 is 19.4 Å². The summed E-state index contributed by atoms with van der Waals surface area (Å²) in [6, 6.07) is 8.00. The quantitative estimate of drug-likeness (QED) is 0.251. The van der Waals surface area contributed by atoms with Crippen molar-refractivity contribution in [3.05, 3.63) is 57.6 Å². The second-order valence-corrected chi connectivity index (χ2v) is 9.75. The Morgan fingerprint density at radius 2 is 1.52 bits per heavy atom. The van der Waals surface area contributed by atoms with Gasteiger partial charge in [0.2, 0.25) is 0 Å². The van der Waals surface area contributed by atoms with E-state index in [2.05, 4.69) is 26.0 Å². The van der Waals surface area contributed by atoms with Gasteiger partial charge < -0.3 is 24.0 Å². The van der Waals surface area contributed by atoms with Gasteiger partial charge in [-0.25, -0.2) is 0 Å². The molecule has 0 unspecified atom stereocenters. The average molecular weight is 469 g/mol. The maximum absolute atomic E-state index is 11.4. The number of benzene rings is 2. The van der Waals surface area contributed by atoms with Crippen LogP contribution in [0.4, 0.5) is 0 Å². The number of thioether (sulfide) groups is 1. The maximum atomic E-state index is 11.4. The van der Waals surface area contributed by atoms with Crippen LogP contribution in [0.5, 0.6) is 11.5 Å². The van der Waals surface area contributed by atoms with Crippen LogP contribution in [0.2, 0.25) is 0 Å². The van der Waals surface area contributed by atoms with E-state index in [0.717, 1.165) is 52.8 Å². The van der Waals surface area contributed by atoms with Gasteiger partial charge in [0.1, 0.15) is 11.5 Å². The molecule has 0 heterocycles. The van der Waals surface area contributed by atoms with E-state index in [-0.39, 0.29) is 6.79 Å². The third-order valence-corrected chi connectivity index (χ3v) is 6.13. The Labute approximate surface area is 189 Å². The van der Waals surface area contributed by atoms with E-state index in [1.807, 2.05) is 32.2 Å². The molecule has 0 amide bonds. The number of ether oxygens (including phenoxy) is 3. The zero-order valence-electron chi connectivity index (χ0n) is 18.9. The van der Waals surface area contributed by atoms with Gasteiger partial charge in [-0.2, -0.15) is 0 Å². The Morgan fingerprint density at radius 3 is 2.00 bits per heavy atom. The van der Waals surface area contributed by atoms with E-state index < -0.39 is 13.9 Å². The fraction of sp³-hybridized carbons (Fsp3) is 0.478. The molecule has 0 atom stereocenters. The van der Waals surface area contributed by atoms with Crippen LogP contribution in [0.3, 0.4) is 0 Å². The molecule has 0 radical (unpaired) electrons. The molecule has 2 aromatic rings. The Bertz CT molecular complexity index is 876. The number of hydrogen-bond donors (Lipinski definition) is 2. The molecule has 2 N–H and O–H groups in total. The predicted octanol–water partition coefficient (Wildman–Crippen LogP) is 5.21. The molecule has 0 aliphatic carbocycles. The summed E-state index contributed by atoms with van der Waals surface area (Å²) in [7, 11) is -4.25. The van der Waals surface area contributed by atoms with Crippen molar-refractivity contribution >= 4 is 19.4 Å². The van der Waals surface area contributed by atoms with E-state index >= 15 is 0 Å². The van der Waals surface area contributed by atoms with Crippen LogP contribution in [-0.2, 0) is 28.6 Å². The predicted molar refractivity (Wildman–Crippen MR) is 126 cm³/mol. The first kappa shape index (κ1) is 25.8. The highest BCUT2D eigenvalue weighted by Crippen LogP contribution is 2.40. The molecule has 0 saturated carbocycles. The van der Waals surface area contributed by atoms with Crippen molar-refractivity contribution in [3.63, 3.8) is 0 Å². The highest BCUT2D eigenvalue weighted by molar-refractivity contribution is 7.98. The van der Waals surface area contributed by atoms with Gasteiger partial charge in [-0.1, -0.05) is 26.0 Å². The second-order valence-electron chi connectivity index (χ2n) is 7.35. The molecule has 0 aliphatic heterocycles. The normalized spacial score (nSPS) is 11.6. The lowest BCUT2D eigenvalue weighted by Gasteiger charge is -2.23. The molecule has 0 bridgehead atoms. The molecule has 2 rings (SSSR count). The maximum Gasteiger partial charge on any atom is 0.362 e. The minimum Gasteiger partial charge on any atom is -0.480 e. The Morgan fingerprint density at radius 1 is 0.935 bits per heavy atom. The number of rotatable bonds is 12. The Kier molecular flexibility index (Phi) is 9.91. The van der Waals surface area contributed by atoms with E-state index in [0.29, 0.717) is 11.7 Å². The second kappa shape index (κ2) is 11.9. The van der Waals surface area contributed by atoms with Gasteiger partial charge in [-0.3, -0.25) is 4.57 Å². The van der Waals surface area contributed by atoms with Crippen LogP contribution in [0, 0.1) is 13.8 Å². The first-order chi connectivity index (χ1) is 14.7. The SMILES string of the molecule is CCc1c(C)c(Cc2ccc(OCOCSC)cc2)c(C)c(CC)c1OCP(=O)(O)O. The third-order valence-electron chi connectivity index (χ3n) is 5.26. The zero-order chi connectivity index (χ0) is 23.0. The lowest BCUT2D eigenvalue weighted by Crippen LogP contribution is -2.10. The summed E-state index contributed by atoms with van der Waals surface area (Å²) in [5.74, 6) is 1.99. The van der Waals surface area contributed by atoms with Crippen molar-refractivity contribution in [1.82, 2.24) is 0 Å². The smallest absolute Gasteiger partial charge is 0.362 e. The van der Waals surface area contributed by atoms with Crippen LogP contribution in [0.25, 0.3) is 0 Å². The van der Waals surface area contributed by atoms with Crippen molar-refractivity contribution < 1.29 is 28.6 Å². The molecule has 0 spiro atoms. The van der Waals surface area contributed by atoms with Gasteiger partial charge in [-0.15, -0.1) is 11.8 Å². The molecular weight excluding hydrogens is 435 g/mol. The summed E-state index contributed by atoms with van der Waals surface area (Å²) in [6.45, 7) is 8.43. The Balaban J connectivity index is 2.29. The van der Waals surface area contributed by atoms with Crippen molar-refractivity contribution in [2.24, 2.45) is 0 Å². The van der Waals surface area contributed by atoms with E-state index in [9.17, 15) is 14.4 Å². The van der Waals surface area contributed by atoms with Crippen molar-refractivity contribution in [1.29, 1.82) is 0 Å². The third kappa shape index (κ3) is 7.26. The van der Waals surface area contributed by atoms with Gasteiger partial charge >= 0.3 is 7.60 Å². The highest BCUT2D eigenvalue weighted by atomic mass is 32.2. The molecule has 0 aromatic heterocycles. The molecule has 8 heteroatoms. The van der Waals surface area contributed by atoms with E-state index in [1.54, 1.807) is 11.8 Å². The molecule has 0 saturated heterocycles.